The molecule has 5 nitrogen and oxygen atoms in total. The fourth-order valence-corrected chi connectivity index (χ4v) is 1.09. The van der Waals surface area contributed by atoms with Crippen molar-refractivity contribution in [2.45, 2.75) is 18.5 Å². The van der Waals surface area contributed by atoms with Crippen LogP contribution in [-0.4, -0.2) is 37.9 Å². The van der Waals surface area contributed by atoms with Gasteiger partial charge in [-0.05, 0) is 0 Å². The summed E-state index contributed by atoms with van der Waals surface area (Å²) in [6.07, 6.45) is 0.895. The summed E-state index contributed by atoms with van der Waals surface area (Å²) in [5.74, 6) is -1.13. The van der Waals surface area contributed by atoms with Gasteiger partial charge in [0.15, 0.2) is 5.81 Å². The van der Waals surface area contributed by atoms with Crippen molar-refractivity contribution in [3.8, 4) is 0 Å². The van der Waals surface area contributed by atoms with E-state index in [0.29, 0.717) is 6.29 Å². The maximum atomic E-state index is 10.9. The first kappa shape index (κ1) is 8.77. The molecule has 0 spiro atoms. The third-order valence-corrected chi connectivity index (χ3v) is 1.61. The summed E-state index contributed by atoms with van der Waals surface area (Å²) < 4.78 is 0. The van der Waals surface area contributed by atoms with E-state index in [0.717, 1.165) is 0 Å². The van der Waals surface area contributed by atoms with E-state index in [1.165, 1.54) is 0 Å². The summed E-state index contributed by atoms with van der Waals surface area (Å²) in [4.78, 5) is 31.5. The molecule has 0 bridgehead atoms. The standard InChI is InChI=1S/C6H7BN2O3/c7-6(12)9-4-1-3(2-10)8-5(4)11/h2-4H,1H2,(H,8,11)(H,9,12)/t3-,4+/m0/s1. The third kappa shape index (κ3) is 1.84. The third-order valence-electron chi connectivity index (χ3n) is 1.61. The molecule has 12 heavy (non-hydrogen) atoms. The van der Waals surface area contributed by atoms with Crippen molar-refractivity contribution in [2.24, 2.45) is 0 Å². The monoisotopic (exact) mass is 166 g/mol. The highest BCUT2D eigenvalue weighted by molar-refractivity contribution is 6.57. The van der Waals surface area contributed by atoms with E-state index in [2.05, 4.69) is 10.6 Å². The second-order valence-electron chi connectivity index (χ2n) is 2.55. The minimum Gasteiger partial charge on any atom is -0.354 e. The van der Waals surface area contributed by atoms with Crippen LogP contribution < -0.4 is 10.6 Å². The number of carbonyl (C=O) groups is 3. The highest BCUT2D eigenvalue weighted by atomic mass is 16.2. The molecule has 2 amide bonds. The van der Waals surface area contributed by atoms with Crippen LogP contribution in [-0.2, 0) is 9.59 Å². The van der Waals surface area contributed by atoms with Gasteiger partial charge in [-0.2, -0.15) is 0 Å². The molecule has 1 heterocycles. The number of amides is 2. The van der Waals surface area contributed by atoms with Crippen molar-refractivity contribution in [2.75, 3.05) is 0 Å². The number of hydrogen-bond acceptors (Lipinski definition) is 3. The van der Waals surface area contributed by atoms with Crippen LogP contribution in [0.2, 0.25) is 0 Å². The summed E-state index contributed by atoms with van der Waals surface area (Å²) in [6, 6.07) is -1.17. The molecule has 0 unspecified atom stereocenters. The summed E-state index contributed by atoms with van der Waals surface area (Å²) in [6.45, 7) is 0. The zero-order valence-electron chi connectivity index (χ0n) is 6.24. The first-order valence-corrected chi connectivity index (χ1v) is 3.45. The van der Waals surface area contributed by atoms with E-state index in [1.54, 1.807) is 0 Å². The zero-order valence-corrected chi connectivity index (χ0v) is 6.24. The van der Waals surface area contributed by atoms with Crippen molar-refractivity contribution < 1.29 is 14.4 Å². The maximum absolute atomic E-state index is 10.9. The predicted molar refractivity (Wildman–Crippen MR) is 40.7 cm³/mol. The Balaban J connectivity index is 2.51. The lowest BCUT2D eigenvalue weighted by Gasteiger charge is -2.06. The molecule has 2 radical (unpaired) electrons. The molecule has 2 N–H and O–H groups in total. The maximum Gasteiger partial charge on any atom is 0.243 e. The average Bonchev–Trinajstić information content (AvgIpc) is 2.31. The fraction of sp³-hybridized carbons (Fsp3) is 0.500. The van der Waals surface area contributed by atoms with Gasteiger partial charge in [0.05, 0.1) is 6.04 Å². The Bertz CT molecular complexity index is 231. The lowest BCUT2D eigenvalue weighted by Crippen LogP contribution is -2.39. The van der Waals surface area contributed by atoms with Crippen molar-refractivity contribution in [1.29, 1.82) is 0 Å². The lowest BCUT2D eigenvalue weighted by molar-refractivity contribution is -0.121. The quantitative estimate of drug-likeness (QED) is 0.380. The molecule has 0 aliphatic carbocycles. The van der Waals surface area contributed by atoms with E-state index in [1.807, 2.05) is 0 Å². The van der Waals surface area contributed by atoms with Gasteiger partial charge in [0.25, 0.3) is 0 Å². The van der Waals surface area contributed by atoms with E-state index in [9.17, 15) is 14.4 Å². The molecule has 1 aliphatic rings. The molecular weight excluding hydrogens is 159 g/mol. The number of hydrogen-bond donors (Lipinski definition) is 2. The fourth-order valence-electron chi connectivity index (χ4n) is 1.09. The summed E-state index contributed by atoms with van der Waals surface area (Å²) in [5, 5.41) is 4.61. The average molecular weight is 166 g/mol. The van der Waals surface area contributed by atoms with Crippen LogP contribution in [0.1, 0.15) is 6.42 Å². The normalized spacial score (nSPS) is 27.8. The minimum absolute atomic E-state index is 0.269. The van der Waals surface area contributed by atoms with E-state index in [4.69, 9.17) is 7.85 Å². The predicted octanol–water partition coefficient (Wildman–Crippen LogP) is -1.68. The van der Waals surface area contributed by atoms with Gasteiger partial charge in [0.2, 0.25) is 13.8 Å². The summed E-state index contributed by atoms with van der Waals surface area (Å²) >= 11 is 0. The van der Waals surface area contributed by atoms with Gasteiger partial charge >= 0.3 is 0 Å². The van der Waals surface area contributed by atoms with Gasteiger partial charge in [-0.25, -0.2) is 0 Å². The minimum atomic E-state index is -0.762. The van der Waals surface area contributed by atoms with Crippen molar-refractivity contribution in [3.05, 3.63) is 0 Å². The topological polar surface area (TPSA) is 75.3 Å². The van der Waals surface area contributed by atoms with Gasteiger partial charge in [-0.1, -0.05) is 0 Å². The number of aldehydes is 1. The number of carbonyl (C=O) groups excluding carboxylic acids is 3. The van der Waals surface area contributed by atoms with Gasteiger partial charge in [0.1, 0.15) is 12.3 Å². The Morgan fingerprint density at radius 1 is 1.75 bits per heavy atom. The van der Waals surface area contributed by atoms with Crippen LogP contribution in [0.25, 0.3) is 0 Å². The largest absolute Gasteiger partial charge is 0.354 e. The Hall–Kier alpha value is -1.33. The molecule has 6 heteroatoms. The Labute approximate surface area is 70.3 Å². The highest BCUT2D eigenvalue weighted by Gasteiger charge is 2.31. The van der Waals surface area contributed by atoms with Gasteiger partial charge < -0.3 is 15.4 Å². The number of rotatable bonds is 2. The molecule has 1 saturated heterocycles. The van der Waals surface area contributed by atoms with Gasteiger partial charge in [-0.15, -0.1) is 0 Å². The van der Waals surface area contributed by atoms with Crippen LogP contribution in [0.15, 0.2) is 0 Å². The van der Waals surface area contributed by atoms with Crippen molar-refractivity contribution >= 4 is 25.8 Å². The number of nitrogens with one attached hydrogen (secondary N) is 2. The smallest absolute Gasteiger partial charge is 0.243 e. The molecule has 2 atom stereocenters. The van der Waals surface area contributed by atoms with Gasteiger partial charge in [-0.3, -0.25) is 9.59 Å². The van der Waals surface area contributed by atoms with Crippen LogP contribution in [0.3, 0.4) is 0 Å². The highest BCUT2D eigenvalue weighted by Crippen LogP contribution is 2.05. The van der Waals surface area contributed by atoms with Crippen molar-refractivity contribution in [1.82, 2.24) is 10.6 Å². The lowest BCUT2D eigenvalue weighted by atomic mass is 10.1. The molecule has 1 aliphatic heterocycles. The van der Waals surface area contributed by atoms with Gasteiger partial charge in [0, 0.05) is 6.42 Å². The van der Waals surface area contributed by atoms with Crippen LogP contribution >= 0.6 is 0 Å². The molecular formula is C6H7BN2O3. The Morgan fingerprint density at radius 3 is 2.83 bits per heavy atom. The molecule has 0 saturated carbocycles. The molecule has 1 rings (SSSR count). The molecule has 62 valence electrons. The van der Waals surface area contributed by atoms with Crippen LogP contribution in [0.4, 0.5) is 4.79 Å². The zero-order chi connectivity index (χ0) is 9.14. The Kier molecular flexibility index (Phi) is 2.47. The molecule has 0 aromatic rings. The van der Waals surface area contributed by atoms with E-state index < -0.39 is 17.9 Å². The molecule has 0 aromatic heterocycles. The SMILES string of the molecule is [B]C(=O)N[C@@H]1C[C@@H](C=O)NC1=O. The summed E-state index contributed by atoms with van der Waals surface area (Å²) in [7, 11) is 4.80. The second kappa shape index (κ2) is 3.38. The van der Waals surface area contributed by atoms with Crippen LogP contribution in [0, 0.1) is 0 Å². The summed E-state index contributed by atoms with van der Waals surface area (Å²) in [5.41, 5.74) is 0. The molecule has 0 aromatic carbocycles. The molecule has 1 fully saturated rings. The first-order chi connectivity index (χ1) is 5.63. The Morgan fingerprint density at radius 2 is 2.42 bits per heavy atom. The second-order valence-corrected chi connectivity index (χ2v) is 2.55. The van der Waals surface area contributed by atoms with E-state index >= 15 is 0 Å². The van der Waals surface area contributed by atoms with Crippen molar-refractivity contribution in [3.63, 3.8) is 0 Å². The first-order valence-electron chi connectivity index (χ1n) is 3.45. The van der Waals surface area contributed by atoms with Crippen LogP contribution in [0.5, 0.6) is 0 Å². The van der Waals surface area contributed by atoms with E-state index in [-0.39, 0.29) is 12.3 Å².